The van der Waals surface area contributed by atoms with E-state index in [9.17, 15) is 15.0 Å². The molecule has 1 spiro atoms. The van der Waals surface area contributed by atoms with Gasteiger partial charge in [0.25, 0.3) is 0 Å². The lowest BCUT2D eigenvalue weighted by molar-refractivity contribution is -0.136. The van der Waals surface area contributed by atoms with E-state index in [0.717, 1.165) is 33.4 Å². The summed E-state index contributed by atoms with van der Waals surface area (Å²) in [5.74, 6) is -0.0836. The van der Waals surface area contributed by atoms with E-state index in [1.165, 1.54) is 0 Å². The molecule has 5 heterocycles. The molecule has 0 amide bonds. The molecule has 0 aromatic heterocycles. The summed E-state index contributed by atoms with van der Waals surface area (Å²) in [6, 6.07) is 0. The van der Waals surface area contributed by atoms with Gasteiger partial charge in [-0.15, -0.1) is 11.8 Å². The van der Waals surface area contributed by atoms with Crippen LogP contribution in [0.1, 0.15) is 24.8 Å². The first kappa shape index (κ1) is 13.1. The quantitative estimate of drug-likeness (QED) is 0.705. The molecule has 1 aromatic carbocycles. The Bertz CT molecular complexity index is 1150. The van der Waals surface area contributed by atoms with Crippen molar-refractivity contribution in [3.8, 4) is 5.75 Å². The number of hydrogen-bond donors (Lipinski definition) is 2. The molecular weight excluding hydrogens is 338 g/mol. The number of nitrogens with zero attached hydrogens (tertiary/aromatic N) is 3. The lowest BCUT2D eigenvalue weighted by Crippen LogP contribution is -2.66. The molecule has 6 aliphatic rings. The van der Waals surface area contributed by atoms with Crippen LogP contribution in [0.5, 0.6) is 5.75 Å². The number of anilines is 1. The third-order valence-corrected chi connectivity index (χ3v) is 7.91. The van der Waals surface area contributed by atoms with Crippen molar-refractivity contribution in [3.63, 3.8) is 0 Å². The summed E-state index contributed by atoms with van der Waals surface area (Å²) in [6.45, 7) is 0.572. The highest BCUT2D eigenvalue weighted by Gasteiger charge is 2.64. The van der Waals surface area contributed by atoms with Gasteiger partial charge in [-0.25, -0.2) is 0 Å². The van der Waals surface area contributed by atoms with Gasteiger partial charge < -0.3 is 15.1 Å². The minimum absolute atomic E-state index is 0.0194. The van der Waals surface area contributed by atoms with Crippen molar-refractivity contribution >= 4 is 40.7 Å². The van der Waals surface area contributed by atoms with Crippen LogP contribution in [0.15, 0.2) is 21.0 Å². The van der Waals surface area contributed by atoms with Crippen molar-refractivity contribution in [3.05, 3.63) is 27.1 Å². The Morgan fingerprint density at radius 2 is 2.28 bits per heavy atom. The summed E-state index contributed by atoms with van der Waals surface area (Å²) in [6.07, 6.45) is 5.28. The van der Waals surface area contributed by atoms with Crippen LogP contribution in [0, 0.1) is 0 Å². The highest BCUT2D eigenvalue weighted by Crippen LogP contribution is 2.64. The molecule has 7 heteroatoms. The van der Waals surface area contributed by atoms with Crippen LogP contribution in [0.25, 0.3) is 5.57 Å². The van der Waals surface area contributed by atoms with E-state index in [-0.39, 0.29) is 16.9 Å². The van der Waals surface area contributed by atoms with Crippen molar-refractivity contribution < 1.29 is 15.0 Å². The molecule has 2 N–H and O–H groups in total. The molecule has 1 saturated heterocycles. The van der Waals surface area contributed by atoms with Crippen molar-refractivity contribution in [2.45, 2.75) is 35.8 Å². The zero-order valence-electron chi connectivity index (χ0n) is 13.1. The maximum Gasteiger partial charge on any atom is 0.208 e. The second-order valence-corrected chi connectivity index (χ2v) is 8.90. The smallest absolute Gasteiger partial charge is 0.208 e. The van der Waals surface area contributed by atoms with Gasteiger partial charge in [-0.1, -0.05) is 0 Å². The van der Waals surface area contributed by atoms with E-state index in [4.69, 9.17) is 4.99 Å². The van der Waals surface area contributed by atoms with E-state index in [1.807, 2.05) is 4.90 Å². The Morgan fingerprint density at radius 3 is 3.16 bits per heavy atom. The van der Waals surface area contributed by atoms with Crippen LogP contribution in [0.3, 0.4) is 0 Å². The minimum Gasteiger partial charge on any atom is -0.504 e. The number of phenols is 1. The number of benzene rings is 1. The predicted molar refractivity (Wildman–Crippen MR) is 92.7 cm³/mol. The number of carbonyl (C=O) groups is 1. The summed E-state index contributed by atoms with van der Waals surface area (Å²) in [5, 5.41) is 23.8. The van der Waals surface area contributed by atoms with Gasteiger partial charge in [0.2, 0.25) is 11.5 Å². The molecule has 3 unspecified atom stereocenters. The van der Waals surface area contributed by atoms with Crippen molar-refractivity contribution in [1.82, 2.24) is 0 Å². The van der Waals surface area contributed by atoms with Crippen LogP contribution in [0.2, 0.25) is 0 Å². The first-order valence-electron chi connectivity index (χ1n) is 8.51. The van der Waals surface area contributed by atoms with Gasteiger partial charge in [-0.2, -0.15) is 0 Å². The van der Waals surface area contributed by atoms with Crippen molar-refractivity contribution in [2.75, 3.05) is 11.4 Å². The fraction of sp³-hybridized carbons (Fsp3) is 0.389. The number of hydrogen-bond acceptors (Lipinski definition) is 7. The summed E-state index contributed by atoms with van der Waals surface area (Å²) in [5.41, 5.74) is 1.58. The number of carbonyl (C=O) groups excluding carboxylic acids is 1. The van der Waals surface area contributed by atoms with E-state index in [2.05, 4.69) is 4.99 Å². The van der Waals surface area contributed by atoms with Gasteiger partial charge in [0.1, 0.15) is 16.4 Å². The fourth-order valence-electron chi connectivity index (χ4n) is 5.62. The zero-order valence-corrected chi connectivity index (χ0v) is 13.9. The summed E-state index contributed by atoms with van der Waals surface area (Å²) < 4.78 is 0. The molecule has 0 saturated carbocycles. The van der Waals surface area contributed by atoms with Crippen LogP contribution in [0.4, 0.5) is 11.4 Å². The Balaban J connectivity index is 1.79. The summed E-state index contributed by atoms with van der Waals surface area (Å²) in [7, 11) is 0. The van der Waals surface area contributed by atoms with E-state index in [0.29, 0.717) is 30.4 Å². The number of aliphatic hydroxyl groups is 1. The van der Waals surface area contributed by atoms with Crippen LogP contribution in [-0.4, -0.2) is 39.9 Å². The van der Waals surface area contributed by atoms with E-state index >= 15 is 0 Å². The number of thioether (sulfide) groups is 1. The van der Waals surface area contributed by atoms with E-state index < -0.39 is 11.1 Å². The molecule has 1 aliphatic carbocycles. The fourth-order valence-corrected chi connectivity index (χ4v) is 7.10. The van der Waals surface area contributed by atoms with E-state index in [1.54, 1.807) is 24.1 Å². The number of allylic oxidation sites excluding steroid dienone is 1. The van der Waals surface area contributed by atoms with Crippen molar-refractivity contribution in [1.29, 1.82) is 0 Å². The monoisotopic (exact) mass is 351 g/mol. The van der Waals surface area contributed by atoms with Gasteiger partial charge in [-0.3, -0.25) is 14.8 Å². The molecule has 124 valence electrons. The normalized spacial score (nSPS) is 37.4. The molecule has 1 fully saturated rings. The van der Waals surface area contributed by atoms with Gasteiger partial charge >= 0.3 is 0 Å². The van der Waals surface area contributed by atoms with Crippen LogP contribution in [-0.2, 0) is 10.2 Å². The molecule has 7 rings (SSSR count). The number of aliphatic imine (C=N–C) groups is 1. The summed E-state index contributed by atoms with van der Waals surface area (Å²) in [4.78, 5) is 24.9. The zero-order chi connectivity index (χ0) is 16.7. The third-order valence-electron chi connectivity index (χ3n) is 6.60. The predicted octanol–water partition coefficient (Wildman–Crippen LogP) is 0.362. The van der Waals surface area contributed by atoms with Crippen molar-refractivity contribution in [2.24, 2.45) is 9.98 Å². The van der Waals surface area contributed by atoms with Gasteiger partial charge in [0.15, 0.2) is 5.75 Å². The Morgan fingerprint density at radius 1 is 1.40 bits per heavy atom. The average Bonchev–Trinajstić information content (AvgIpc) is 3.12. The Labute approximate surface area is 146 Å². The molecule has 0 radical (unpaired) electrons. The number of rotatable bonds is 0. The van der Waals surface area contributed by atoms with Crippen LogP contribution >= 0.6 is 11.8 Å². The average molecular weight is 351 g/mol. The topological polar surface area (TPSA) is 85.5 Å². The Kier molecular flexibility index (Phi) is 1.86. The summed E-state index contributed by atoms with van der Waals surface area (Å²) >= 11 is 1.60. The number of ketones is 1. The maximum absolute atomic E-state index is 12.9. The standard InChI is InChI=1S/C18H13N3O3S/c22-8-3-9-17-4-10(25-9)20-14-12(17)15-11-7(5-19-13(11)16(14)23)1-2-21(15)18(8,24)6-17/h3,5,10,23-24H,1-2,4,6H2. The lowest BCUT2D eigenvalue weighted by atomic mass is 9.62. The molecule has 3 bridgehead atoms. The number of phenolic OH excluding ortho intramolecular Hbond substituents is 1. The van der Waals surface area contributed by atoms with Gasteiger partial charge in [0.05, 0.1) is 5.69 Å². The molecular formula is C18H13N3O3S. The SMILES string of the molecule is O=C1C=C2SC3CC24CC1(O)N1CCC2=c5c(c(O)c(c4c51)=N3)N=C2. The molecule has 5 aliphatic heterocycles. The second-order valence-electron chi connectivity index (χ2n) is 7.68. The van der Waals surface area contributed by atoms with Gasteiger partial charge in [-0.05, 0) is 24.5 Å². The maximum atomic E-state index is 12.9. The first-order valence-corrected chi connectivity index (χ1v) is 9.39. The highest BCUT2D eigenvalue weighted by molar-refractivity contribution is 8.04. The Hall–Kier alpha value is -2.12. The van der Waals surface area contributed by atoms with Crippen LogP contribution < -0.4 is 15.5 Å². The third kappa shape index (κ3) is 1.15. The molecule has 6 nitrogen and oxygen atoms in total. The highest BCUT2D eigenvalue weighted by atomic mass is 32.2. The molecule has 25 heavy (non-hydrogen) atoms. The molecule has 3 atom stereocenters. The minimum atomic E-state index is -1.50. The first-order chi connectivity index (χ1) is 12.0. The number of fused-ring (bicyclic) bond motifs is 3. The second kappa shape index (κ2) is 3.54. The lowest BCUT2D eigenvalue weighted by Gasteiger charge is -2.54. The molecule has 1 aromatic rings. The van der Waals surface area contributed by atoms with Gasteiger partial charge in [0, 0.05) is 40.3 Å². The largest absolute Gasteiger partial charge is 0.504 e. The number of aromatic hydroxyl groups is 1.